The minimum Gasteiger partial charge on any atom is -0.383 e. The molecule has 1 N–H and O–H groups in total. The van der Waals surface area contributed by atoms with Gasteiger partial charge in [0.1, 0.15) is 0 Å². The van der Waals surface area contributed by atoms with Crippen LogP contribution in [0.5, 0.6) is 0 Å². The van der Waals surface area contributed by atoms with Crippen LogP contribution in [0.25, 0.3) is 0 Å². The number of anilines is 1. The molecule has 18 heavy (non-hydrogen) atoms. The van der Waals surface area contributed by atoms with E-state index < -0.39 is 0 Å². The van der Waals surface area contributed by atoms with Crippen LogP contribution in [0.15, 0.2) is 22.7 Å². The van der Waals surface area contributed by atoms with Gasteiger partial charge in [0.25, 0.3) is 0 Å². The predicted molar refractivity (Wildman–Crippen MR) is 81.3 cm³/mol. The number of hydrogen-bond acceptors (Lipinski definition) is 3. The average Bonchev–Trinajstić information content (AvgIpc) is 2.34. The van der Waals surface area contributed by atoms with Crippen molar-refractivity contribution in [1.29, 1.82) is 0 Å². The van der Waals surface area contributed by atoms with E-state index in [0.29, 0.717) is 6.04 Å². The lowest BCUT2D eigenvalue weighted by Crippen LogP contribution is -2.28. The summed E-state index contributed by atoms with van der Waals surface area (Å²) in [4.78, 5) is 2.29. The molecule has 3 nitrogen and oxygen atoms in total. The van der Waals surface area contributed by atoms with Crippen LogP contribution >= 0.6 is 15.9 Å². The van der Waals surface area contributed by atoms with Crippen molar-refractivity contribution >= 4 is 21.6 Å². The van der Waals surface area contributed by atoms with Gasteiger partial charge in [0.05, 0.1) is 6.61 Å². The number of methoxy groups -OCH3 is 1. The zero-order chi connectivity index (χ0) is 13.5. The van der Waals surface area contributed by atoms with Gasteiger partial charge >= 0.3 is 0 Å². The standard InChI is InChI=1S/C14H23BrN2O/c1-11(2)17(3)14-6-5-13(15)9-12(14)10-16-7-8-18-4/h5-6,9,11,16H,7-8,10H2,1-4H3. The van der Waals surface area contributed by atoms with E-state index in [-0.39, 0.29) is 0 Å². The van der Waals surface area contributed by atoms with Crippen molar-refractivity contribution in [2.75, 3.05) is 32.2 Å². The molecule has 1 rings (SSSR count). The summed E-state index contributed by atoms with van der Waals surface area (Å²) < 4.78 is 6.15. The summed E-state index contributed by atoms with van der Waals surface area (Å²) in [5.41, 5.74) is 2.58. The van der Waals surface area contributed by atoms with Crippen LogP contribution in [0.1, 0.15) is 19.4 Å². The second-order valence-electron chi connectivity index (χ2n) is 4.65. The maximum Gasteiger partial charge on any atom is 0.0587 e. The molecule has 0 aliphatic carbocycles. The van der Waals surface area contributed by atoms with E-state index in [9.17, 15) is 0 Å². The Balaban J connectivity index is 2.76. The summed E-state index contributed by atoms with van der Waals surface area (Å²) in [5.74, 6) is 0. The summed E-state index contributed by atoms with van der Waals surface area (Å²) in [5, 5.41) is 3.39. The van der Waals surface area contributed by atoms with Crippen molar-refractivity contribution in [2.24, 2.45) is 0 Å². The molecular formula is C14H23BrN2O. The number of ether oxygens (including phenoxy) is 1. The molecule has 0 bridgehead atoms. The van der Waals surface area contributed by atoms with E-state index in [2.05, 4.69) is 65.2 Å². The molecule has 0 fully saturated rings. The highest BCUT2D eigenvalue weighted by atomic mass is 79.9. The Labute approximate surface area is 119 Å². The SMILES string of the molecule is COCCNCc1cc(Br)ccc1N(C)C(C)C. The first-order chi connectivity index (χ1) is 8.56. The Kier molecular flexibility index (Phi) is 6.68. The van der Waals surface area contributed by atoms with Gasteiger partial charge in [-0.3, -0.25) is 0 Å². The molecule has 102 valence electrons. The maximum atomic E-state index is 5.04. The summed E-state index contributed by atoms with van der Waals surface area (Å²) in [7, 11) is 3.85. The lowest BCUT2D eigenvalue weighted by Gasteiger charge is -2.26. The van der Waals surface area contributed by atoms with Crippen molar-refractivity contribution in [1.82, 2.24) is 5.32 Å². The third-order valence-electron chi connectivity index (χ3n) is 2.99. The fraction of sp³-hybridized carbons (Fsp3) is 0.571. The Bertz CT molecular complexity index is 369. The van der Waals surface area contributed by atoms with Crippen molar-refractivity contribution in [3.63, 3.8) is 0 Å². The molecule has 0 amide bonds. The van der Waals surface area contributed by atoms with Gasteiger partial charge in [-0.1, -0.05) is 15.9 Å². The van der Waals surface area contributed by atoms with Gasteiger partial charge in [0, 0.05) is 43.4 Å². The molecule has 1 aromatic rings. The Morgan fingerprint density at radius 1 is 1.39 bits per heavy atom. The van der Waals surface area contributed by atoms with Gasteiger partial charge in [-0.05, 0) is 37.6 Å². The quantitative estimate of drug-likeness (QED) is 0.783. The highest BCUT2D eigenvalue weighted by Crippen LogP contribution is 2.25. The second-order valence-corrected chi connectivity index (χ2v) is 5.56. The van der Waals surface area contributed by atoms with Gasteiger partial charge in [-0.25, -0.2) is 0 Å². The highest BCUT2D eigenvalue weighted by Gasteiger charge is 2.10. The number of rotatable bonds is 7. The smallest absolute Gasteiger partial charge is 0.0587 e. The largest absolute Gasteiger partial charge is 0.383 e. The monoisotopic (exact) mass is 314 g/mol. The topological polar surface area (TPSA) is 24.5 Å². The van der Waals surface area contributed by atoms with Crippen LogP contribution < -0.4 is 10.2 Å². The lowest BCUT2D eigenvalue weighted by atomic mass is 10.1. The third kappa shape index (κ3) is 4.59. The summed E-state index contributed by atoms with van der Waals surface area (Å²) >= 11 is 3.53. The van der Waals surface area contributed by atoms with E-state index in [1.54, 1.807) is 7.11 Å². The molecule has 0 aliphatic heterocycles. The number of halogens is 1. The molecule has 0 saturated heterocycles. The molecule has 4 heteroatoms. The Hall–Kier alpha value is -0.580. The number of hydrogen-bond donors (Lipinski definition) is 1. The zero-order valence-electron chi connectivity index (χ0n) is 11.7. The van der Waals surface area contributed by atoms with Crippen molar-refractivity contribution in [3.05, 3.63) is 28.2 Å². The maximum absolute atomic E-state index is 5.04. The molecule has 0 heterocycles. The van der Waals surface area contributed by atoms with E-state index >= 15 is 0 Å². The Morgan fingerprint density at radius 3 is 2.72 bits per heavy atom. The minimum absolute atomic E-state index is 0.490. The third-order valence-corrected chi connectivity index (χ3v) is 3.49. The van der Waals surface area contributed by atoms with Gasteiger partial charge in [0.2, 0.25) is 0 Å². The summed E-state index contributed by atoms with van der Waals surface area (Å²) in [6.07, 6.45) is 0. The normalized spacial score (nSPS) is 11.0. The first kappa shape index (κ1) is 15.5. The van der Waals surface area contributed by atoms with Crippen molar-refractivity contribution in [2.45, 2.75) is 26.4 Å². The van der Waals surface area contributed by atoms with Crippen molar-refractivity contribution < 1.29 is 4.74 Å². The van der Waals surface area contributed by atoms with Crippen molar-refractivity contribution in [3.8, 4) is 0 Å². The first-order valence-corrected chi connectivity index (χ1v) is 7.06. The Morgan fingerprint density at radius 2 is 2.11 bits per heavy atom. The highest BCUT2D eigenvalue weighted by molar-refractivity contribution is 9.10. The lowest BCUT2D eigenvalue weighted by molar-refractivity contribution is 0.199. The zero-order valence-corrected chi connectivity index (χ0v) is 13.3. The molecule has 0 saturated carbocycles. The number of nitrogens with one attached hydrogen (secondary N) is 1. The average molecular weight is 315 g/mol. The van der Waals surface area contributed by atoms with Gasteiger partial charge in [0.15, 0.2) is 0 Å². The van der Waals surface area contributed by atoms with Crippen LogP contribution in [0, 0.1) is 0 Å². The van der Waals surface area contributed by atoms with E-state index in [1.807, 2.05) is 0 Å². The van der Waals surface area contributed by atoms with Crippen LogP contribution in [-0.4, -0.2) is 33.4 Å². The molecule has 0 spiro atoms. The van der Waals surface area contributed by atoms with E-state index in [1.165, 1.54) is 11.3 Å². The van der Waals surface area contributed by atoms with Gasteiger partial charge < -0.3 is 15.0 Å². The van der Waals surface area contributed by atoms with E-state index in [4.69, 9.17) is 4.74 Å². The van der Waals surface area contributed by atoms with Crippen LogP contribution in [0.3, 0.4) is 0 Å². The van der Waals surface area contributed by atoms with Gasteiger partial charge in [-0.15, -0.1) is 0 Å². The van der Waals surface area contributed by atoms with Crippen LogP contribution in [0.2, 0.25) is 0 Å². The van der Waals surface area contributed by atoms with Crippen LogP contribution in [-0.2, 0) is 11.3 Å². The second kappa shape index (κ2) is 7.77. The van der Waals surface area contributed by atoms with Crippen LogP contribution in [0.4, 0.5) is 5.69 Å². The first-order valence-electron chi connectivity index (χ1n) is 6.27. The molecule has 0 unspecified atom stereocenters. The molecule has 0 aromatic heterocycles. The molecular weight excluding hydrogens is 292 g/mol. The molecule has 0 atom stereocenters. The van der Waals surface area contributed by atoms with E-state index in [0.717, 1.165) is 24.2 Å². The fourth-order valence-corrected chi connectivity index (χ4v) is 2.12. The predicted octanol–water partition coefficient (Wildman–Crippen LogP) is 3.03. The number of benzene rings is 1. The summed E-state index contributed by atoms with van der Waals surface area (Å²) in [6.45, 7) is 6.86. The molecule has 1 aromatic carbocycles. The van der Waals surface area contributed by atoms with Gasteiger partial charge in [-0.2, -0.15) is 0 Å². The fourth-order valence-electron chi connectivity index (χ4n) is 1.72. The number of nitrogens with zero attached hydrogens (tertiary/aromatic N) is 1. The summed E-state index contributed by atoms with van der Waals surface area (Å²) in [6, 6.07) is 6.92. The molecule has 0 aliphatic rings. The molecule has 0 radical (unpaired) electrons. The minimum atomic E-state index is 0.490.